The Balaban J connectivity index is 1.59. The van der Waals surface area contributed by atoms with Crippen LogP contribution >= 0.6 is 0 Å². The highest BCUT2D eigenvalue weighted by molar-refractivity contribution is 7.89. The summed E-state index contributed by atoms with van der Waals surface area (Å²) in [6.07, 6.45) is 0.930. The number of piperidine rings is 1. The zero-order valence-corrected chi connectivity index (χ0v) is 19.2. The summed E-state index contributed by atoms with van der Waals surface area (Å²) in [5.41, 5.74) is 0.461. The van der Waals surface area contributed by atoms with Gasteiger partial charge in [0.25, 0.3) is 5.91 Å². The zero-order chi connectivity index (χ0) is 23.5. The Morgan fingerprint density at radius 3 is 2.25 bits per heavy atom. The highest BCUT2D eigenvalue weighted by Crippen LogP contribution is 2.21. The first kappa shape index (κ1) is 23.9. The first-order valence-electron chi connectivity index (χ1n) is 10.4. The van der Waals surface area contributed by atoms with E-state index >= 15 is 0 Å². The maximum Gasteiger partial charge on any atom is 0.253 e. The monoisotopic (exact) mass is 461 g/mol. The van der Waals surface area contributed by atoms with Gasteiger partial charge < -0.3 is 10.2 Å². The summed E-state index contributed by atoms with van der Waals surface area (Å²) in [5.74, 6) is -0.814. The molecule has 32 heavy (non-hydrogen) atoms. The van der Waals surface area contributed by atoms with Crippen molar-refractivity contribution < 1.29 is 22.4 Å². The Labute approximate surface area is 188 Å². The van der Waals surface area contributed by atoms with Crippen LogP contribution in [-0.2, 0) is 14.8 Å². The largest absolute Gasteiger partial charge is 0.339 e. The van der Waals surface area contributed by atoms with Crippen LogP contribution in [0.3, 0.4) is 0 Å². The summed E-state index contributed by atoms with van der Waals surface area (Å²) >= 11 is 0. The highest BCUT2D eigenvalue weighted by Gasteiger charge is 2.27. The van der Waals surface area contributed by atoms with Crippen LogP contribution in [0.25, 0.3) is 0 Å². The van der Waals surface area contributed by atoms with Crippen molar-refractivity contribution in [3.8, 4) is 0 Å². The molecule has 9 heteroatoms. The summed E-state index contributed by atoms with van der Waals surface area (Å²) in [4.78, 5) is 26.8. The molecule has 3 rings (SSSR count). The fourth-order valence-corrected chi connectivity index (χ4v) is 4.64. The molecule has 0 aromatic heterocycles. The highest BCUT2D eigenvalue weighted by atomic mass is 32.2. The van der Waals surface area contributed by atoms with Crippen molar-refractivity contribution in [1.82, 2.24) is 9.62 Å². The standard InChI is InChI=1S/C23H28FN3O4S/c1-23(2,3)22(29)25-19-6-4-5-16(15-19)21(28)27-13-11-18(12-14-27)26-32(30,31)20-9-7-17(24)8-10-20/h4-10,15,18,26H,11-14H2,1-3H3,(H,25,29). The van der Waals surface area contributed by atoms with Gasteiger partial charge in [-0.15, -0.1) is 0 Å². The van der Waals surface area contributed by atoms with E-state index in [1.807, 2.05) is 20.8 Å². The van der Waals surface area contributed by atoms with Crippen LogP contribution in [0, 0.1) is 11.2 Å². The number of sulfonamides is 1. The molecule has 0 saturated carbocycles. The summed E-state index contributed by atoms with van der Waals surface area (Å²) in [5, 5.41) is 2.82. The van der Waals surface area contributed by atoms with E-state index in [-0.39, 0.29) is 22.8 Å². The number of likely N-dealkylation sites (tertiary alicyclic amines) is 1. The van der Waals surface area contributed by atoms with Crippen molar-refractivity contribution in [2.75, 3.05) is 18.4 Å². The normalized spacial score (nSPS) is 15.4. The fraction of sp³-hybridized carbons (Fsp3) is 0.391. The number of halogens is 1. The average molecular weight is 462 g/mol. The van der Waals surface area contributed by atoms with Gasteiger partial charge in [-0.25, -0.2) is 17.5 Å². The third-order valence-corrected chi connectivity index (χ3v) is 6.81. The summed E-state index contributed by atoms with van der Waals surface area (Å²) in [6.45, 7) is 6.23. The Bertz CT molecular complexity index is 1090. The van der Waals surface area contributed by atoms with Gasteiger partial charge in [0.15, 0.2) is 0 Å². The number of hydrogen-bond acceptors (Lipinski definition) is 4. The number of rotatable bonds is 5. The van der Waals surface area contributed by atoms with Crippen LogP contribution < -0.4 is 10.0 Å². The van der Waals surface area contributed by atoms with E-state index in [0.717, 1.165) is 12.1 Å². The molecule has 7 nitrogen and oxygen atoms in total. The molecule has 2 N–H and O–H groups in total. The lowest BCUT2D eigenvalue weighted by molar-refractivity contribution is -0.123. The smallest absolute Gasteiger partial charge is 0.253 e. The molecule has 172 valence electrons. The predicted octanol–water partition coefficient (Wildman–Crippen LogP) is 3.39. The quantitative estimate of drug-likeness (QED) is 0.714. The second-order valence-corrected chi connectivity index (χ2v) is 10.6. The van der Waals surface area contributed by atoms with Crippen LogP contribution in [0.4, 0.5) is 10.1 Å². The minimum absolute atomic E-state index is 0.00604. The molecule has 1 heterocycles. The number of carbonyl (C=O) groups is 2. The number of carbonyl (C=O) groups excluding carboxylic acids is 2. The number of anilines is 1. The van der Waals surface area contributed by atoms with E-state index in [9.17, 15) is 22.4 Å². The topological polar surface area (TPSA) is 95.6 Å². The van der Waals surface area contributed by atoms with E-state index in [1.54, 1.807) is 29.2 Å². The third kappa shape index (κ3) is 5.92. The maximum atomic E-state index is 13.1. The van der Waals surface area contributed by atoms with Gasteiger partial charge >= 0.3 is 0 Å². The van der Waals surface area contributed by atoms with Crippen LogP contribution in [-0.4, -0.2) is 44.3 Å². The van der Waals surface area contributed by atoms with Gasteiger partial charge in [0.2, 0.25) is 15.9 Å². The Morgan fingerprint density at radius 2 is 1.66 bits per heavy atom. The van der Waals surface area contributed by atoms with Crippen molar-refractivity contribution in [2.24, 2.45) is 5.41 Å². The number of amides is 2. The molecule has 2 amide bonds. The van der Waals surface area contributed by atoms with Crippen molar-refractivity contribution in [2.45, 2.75) is 44.6 Å². The molecule has 0 bridgehead atoms. The summed E-state index contributed by atoms with van der Waals surface area (Å²) in [6, 6.07) is 11.1. The molecule has 0 unspecified atom stereocenters. The second kappa shape index (κ2) is 9.38. The third-order valence-electron chi connectivity index (χ3n) is 5.28. The number of nitrogens with one attached hydrogen (secondary N) is 2. The SMILES string of the molecule is CC(C)(C)C(=O)Nc1cccc(C(=O)N2CCC(NS(=O)(=O)c3ccc(F)cc3)CC2)c1. The molecule has 1 fully saturated rings. The minimum atomic E-state index is -3.76. The van der Waals surface area contributed by atoms with E-state index < -0.39 is 21.3 Å². The molecule has 1 aliphatic heterocycles. The van der Waals surface area contributed by atoms with Crippen LogP contribution in [0.15, 0.2) is 53.4 Å². The molecule has 1 aliphatic rings. The molecule has 0 radical (unpaired) electrons. The number of nitrogens with zero attached hydrogens (tertiary/aromatic N) is 1. The molecular weight excluding hydrogens is 433 g/mol. The van der Waals surface area contributed by atoms with Crippen LogP contribution in [0.5, 0.6) is 0 Å². The van der Waals surface area contributed by atoms with Gasteiger partial charge in [-0.3, -0.25) is 9.59 Å². The van der Waals surface area contributed by atoms with E-state index in [2.05, 4.69) is 10.0 Å². The van der Waals surface area contributed by atoms with Crippen LogP contribution in [0.2, 0.25) is 0 Å². The van der Waals surface area contributed by atoms with E-state index in [0.29, 0.717) is 37.2 Å². The molecular formula is C23H28FN3O4S. The van der Waals surface area contributed by atoms with E-state index in [1.165, 1.54) is 12.1 Å². The van der Waals surface area contributed by atoms with Gasteiger partial charge in [0, 0.05) is 35.8 Å². The van der Waals surface area contributed by atoms with Crippen molar-refractivity contribution >= 4 is 27.5 Å². The molecule has 0 atom stereocenters. The lowest BCUT2D eigenvalue weighted by atomic mass is 9.95. The molecule has 2 aromatic carbocycles. The fourth-order valence-electron chi connectivity index (χ4n) is 3.33. The first-order valence-corrected chi connectivity index (χ1v) is 11.9. The van der Waals surface area contributed by atoms with Crippen LogP contribution in [0.1, 0.15) is 44.0 Å². The van der Waals surface area contributed by atoms with Gasteiger partial charge in [0.05, 0.1) is 4.90 Å². The number of hydrogen-bond donors (Lipinski definition) is 2. The Hall–Kier alpha value is -2.78. The minimum Gasteiger partial charge on any atom is -0.339 e. The first-order chi connectivity index (χ1) is 15.0. The van der Waals surface area contributed by atoms with Gasteiger partial charge in [-0.2, -0.15) is 0 Å². The lowest BCUT2D eigenvalue weighted by Crippen LogP contribution is -2.46. The predicted molar refractivity (Wildman–Crippen MR) is 120 cm³/mol. The second-order valence-electron chi connectivity index (χ2n) is 8.93. The molecule has 0 aliphatic carbocycles. The molecule has 1 saturated heterocycles. The van der Waals surface area contributed by atoms with Crippen molar-refractivity contribution in [1.29, 1.82) is 0 Å². The average Bonchev–Trinajstić information content (AvgIpc) is 2.73. The van der Waals surface area contributed by atoms with Gasteiger partial charge in [-0.05, 0) is 55.3 Å². The summed E-state index contributed by atoms with van der Waals surface area (Å²) < 4.78 is 40.7. The Kier molecular flexibility index (Phi) is 7.00. The van der Waals surface area contributed by atoms with Crippen molar-refractivity contribution in [3.05, 3.63) is 59.9 Å². The molecule has 2 aromatic rings. The molecule has 0 spiro atoms. The maximum absolute atomic E-state index is 13.1. The van der Waals surface area contributed by atoms with Gasteiger partial charge in [-0.1, -0.05) is 26.8 Å². The number of benzene rings is 2. The lowest BCUT2D eigenvalue weighted by Gasteiger charge is -2.32. The Morgan fingerprint density at radius 1 is 1.03 bits per heavy atom. The summed E-state index contributed by atoms with van der Waals surface area (Å²) in [7, 11) is -3.76. The van der Waals surface area contributed by atoms with E-state index in [4.69, 9.17) is 0 Å². The van der Waals surface area contributed by atoms with Gasteiger partial charge in [0.1, 0.15) is 5.82 Å². The zero-order valence-electron chi connectivity index (χ0n) is 18.4. The van der Waals surface area contributed by atoms with Crippen molar-refractivity contribution in [3.63, 3.8) is 0 Å².